The quantitative estimate of drug-likeness (QED) is 0.361. The van der Waals surface area contributed by atoms with E-state index in [-0.39, 0.29) is 11.4 Å². The van der Waals surface area contributed by atoms with E-state index in [0.717, 1.165) is 12.8 Å². The van der Waals surface area contributed by atoms with Gasteiger partial charge in [-0.2, -0.15) is 5.26 Å². The third-order valence-corrected chi connectivity index (χ3v) is 3.62. The van der Waals surface area contributed by atoms with Crippen molar-refractivity contribution in [2.24, 2.45) is 0 Å². The summed E-state index contributed by atoms with van der Waals surface area (Å²) in [5.41, 5.74) is 1.24. The zero-order valence-electron chi connectivity index (χ0n) is 15.2. The van der Waals surface area contributed by atoms with Crippen molar-refractivity contribution in [3.8, 4) is 17.6 Å². The van der Waals surface area contributed by atoms with Crippen LogP contribution in [0.15, 0.2) is 54.1 Å². The van der Waals surface area contributed by atoms with Crippen LogP contribution in [0, 0.1) is 11.3 Å². The Hall–Kier alpha value is -3.06. The van der Waals surface area contributed by atoms with Gasteiger partial charge in [-0.1, -0.05) is 44.2 Å². The van der Waals surface area contributed by atoms with Crippen molar-refractivity contribution in [3.05, 3.63) is 65.2 Å². The van der Waals surface area contributed by atoms with Crippen LogP contribution in [0.2, 0.25) is 0 Å². The summed E-state index contributed by atoms with van der Waals surface area (Å²) in [6, 6.07) is 16.2. The Morgan fingerprint density at radius 3 is 2.38 bits per heavy atom. The molecule has 4 heteroatoms. The Morgan fingerprint density at radius 2 is 1.73 bits per heavy atom. The fourth-order valence-electron chi connectivity index (χ4n) is 2.33. The molecule has 0 aliphatic heterocycles. The van der Waals surface area contributed by atoms with Gasteiger partial charge in [-0.25, -0.2) is 0 Å². The molecule has 0 spiro atoms. The van der Waals surface area contributed by atoms with Crippen molar-refractivity contribution < 1.29 is 14.3 Å². The lowest BCUT2D eigenvalue weighted by atomic mass is 10.0. The van der Waals surface area contributed by atoms with Crippen molar-refractivity contribution in [2.45, 2.75) is 26.7 Å². The summed E-state index contributed by atoms with van der Waals surface area (Å²) in [6.07, 6.45) is 3.35. The SMILES string of the molecule is CCCOc1ccc(C=C(C#N)C(=O)c2ccccc2)c(OCCC)c1. The molecule has 0 bridgehead atoms. The number of ether oxygens (including phenoxy) is 2. The molecule has 134 valence electrons. The minimum atomic E-state index is -0.305. The molecule has 0 heterocycles. The predicted molar refractivity (Wildman–Crippen MR) is 102 cm³/mol. The maximum Gasteiger partial charge on any atom is 0.203 e. The lowest BCUT2D eigenvalue weighted by molar-refractivity contribution is 0.104. The molecule has 0 saturated heterocycles. The highest BCUT2D eigenvalue weighted by molar-refractivity contribution is 6.14. The first-order chi connectivity index (χ1) is 12.7. The van der Waals surface area contributed by atoms with E-state index < -0.39 is 0 Å². The van der Waals surface area contributed by atoms with Crippen LogP contribution in [0.5, 0.6) is 11.5 Å². The summed E-state index contributed by atoms with van der Waals surface area (Å²) in [6.45, 7) is 5.23. The molecule has 0 amide bonds. The fourth-order valence-corrected chi connectivity index (χ4v) is 2.33. The first-order valence-electron chi connectivity index (χ1n) is 8.80. The first-order valence-corrected chi connectivity index (χ1v) is 8.80. The van der Waals surface area contributed by atoms with Gasteiger partial charge in [0.1, 0.15) is 23.1 Å². The topological polar surface area (TPSA) is 59.3 Å². The number of carbonyl (C=O) groups excluding carboxylic acids is 1. The van der Waals surface area contributed by atoms with Gasteiger partial charge in [0.05, 0.1) is 13.2 Å². The van der Waals surface area contributed by atoms with Crippen LogP contribution in [0.3, 0.4) is 0 Å². The molecule has 0 atom stereocenters. The molecular formula is C22H23NO3. The van der Waals surface area contributed by atoms with Crippen molar-refractivity contribution in [3.63, 3.8) is 0 Å². The van der Waals surface area contributed by atoms with Crippen LogP contribution in [-0.4, -0.2) is 19.0 Å². The van der Waals surface area contributed by atoms with E-state index in [1.165, 1.54) is 0 Å². The van der Waals surface area contributed by atoms with Crippen LogP contribution >= 0.6 is 0 Å². The lowest BCUT2D eigenvalue weighted by Gasteiger charge is -2.12. The van der Waals surface area contributed by atoms with Crippen molar-refractivity contribution in [2.75, 3.05) is 13.2 Å². The summed E-state index contributed by atoms with van der Waals surface area (Å²) in [7, 11) is 0. The van der Waals surface area contributed by atoms with Gasteiger partial charge >= 0.3 is 0 Å². The van der Waals surface area contributed by atoms with Gasteiger partial charge in [-0.05, 0) is 31.1 Å². The largest absolute Gasteiger partial charge is 0.493 e. The van der Waals surface area contributed by atoms with Gasteiger partial charge in [-0.3, -0.25) is 4.79 Å². The van der Waals surface area contributed by atoms with Gasteiger partial charge in [0.25, 0.3) is 0 Å². The number of hydrogen-bond acceptors (Lipinski definition) is 4. The van der Waals surface area contributed by atoms with Gasteiger partial charge in [0.15, 0.2) is 0 Å². The number of benzene rings is 2. The second-order valence-electron chi connectivity index (χ2n) is 5.76. The van der Waals surface area contributed by atoms with Crippen LogP contribution in [0.25, 0.3) is 6.08 Å². The van der Waals surface area contributed by atoms with Crippen molar-refractivity contribution in [1.29, 1.82) is 5.26 Å². The minimum absolute atomic E-state index is 0.0692. The Kier molecular flexibility index (Phi) is 7.45. The predicted octanol–water partition coefficient (Wildman–Crippen LogP) is 5.05. The van der Waals surface area contributed by atoms with Crippen LogP contribution in [0.4, 0.5) is 0 Å². The van der Waals surface area contributed by atoms with E-state index >= 15 is 0 Å². The Bertz CT molecular complexity index is 804. The molecule has 2 rings (SSSR count). The summed E-state index contributed by atoms with van der Waals surface area (Å²) in [4.78, 5) is 12.6. The van der Waals surface area contributed by atoms with Crippen molar-refractivity contribution in [1.82, 2.24) is 0 Å². The molecule has 0 fully saturated rings. The van der Waals surface area contributed by atoms with E-state index in [1.54, 1.807) is 36.4 Å². The number of hydrogen-bond donors (Lipinski definition) is 0. The molecule has 4 nitrogen and oxygen atoms in total. The molecular weight excluding hydrogens is 326 g/mol. The van der Waals surface area contributed by atoms with Crippen molar-refractivity contribution >= 4 is 11.9 Å². The monoisotopic (exact) mass is 349 g/mol. The third kappa shape index (κ3) is 5.22. The fraction of sp³-hybridized carbons (Fsp3) is 0.273. The number of Topliss-reactive ketones (excluding diaryl/α,β-unsaturated/α-hetero) is 1. The number of ketones is 1. The minimum Gasteiger partial charge on any atom is -0.493 e. The lowest BCUT2D eigenvalue weighted by Crippen LogP contribution is -2.03. The first kappa shape index (κ1) is 19.3. The Balaban J connectivity index is 2.36. The summed E-state index contributed by atoms with van der Waals surface area (Å²) in [5.74, 6) is 1.01. The molecule has 0 aliphatic carbocycles. The van der Waals surface area contributed by atoms with Gasteiger partial charge in [0, 0.05) is 17.2 Å². The van der Waals surface area contributed by atoms with E-state index in [0.29, 0.717) is 35.8 Å². The maximum absolute atomic E-state index is 12.6. The second kappa shape index (κ2) is 10.0. The molecule has 0 aliphatic rings. The maximum atomic E-state index is 12.6. The summed E-state index contributed by atoms with van der Waals surface area (Å²) >= 11 is 0. The zero-order valence-corrected chi connectivity index (χ0v) is 15.2. The molecule has 0 aromatic heterocycles. The van der Waals surface area contributed by atoms with E-state index in [4.69, 9.17) is 9.47 Å². The van der Waals surface area contributed by atoms with Gasteiger partial charge < -0.3 is 9.47 Å². The van der Waals surface area contributed by atoms with Crippen LogP contribution in [-0.2, 0) is 0 Å². The van der Waals surface area contributed by atoms with Gasteiger partial charge in [-0.15, -0.1) is 0 Å². The number of carbonyl (C=O) groups is 1. The average molecular weight is 349 g/mol. The molecule has 0 saturated carbocycles. The average Bonchev–Trinajstić information content (AvgIpc) is 2.69. The summed E-state index contributed by atoms with van der Waals surface area (Å²) < 4.78 is 11.4. The zero-order chi connectivity index (χ0) is 18.8. The standard InChI is InChI=1S/C22H23NO3/c1-3-12-25-20-11-10-18(21(15-20)26-13-4-2)14-19(16-23)22(24)17-8-6-5-7-9-17/h5-11,14-15H,3-4,12-13H2,1-2H3. The highest BCUT2D eigenvalue weighted by Gasteiger charge is 2.13. The number of allylic oxidation sites excluding steroid dienone is 1. The second-order valence-corrected chi connectivity index (χ2v) is 5.76. The normalized spacial score (nSPS) is 10.9. The molecule has 26 heavy (non-hydrogen) atoms. The molecule has 0 radical (unpaired) electrons. The molecule has 2 aromatic carbocycles. The molecule has 2 aromatic rings. The molecule has 0 unspecified atom stereocenters. The number of rotatable bonds is 9. The Labute approximate surface area is 154 Å². The van der Waals surface area contributed by atoms with Gasteiger partial charge in [0.2, 0.25) is 5.78 Å². The van der Waals surface area contributed by atoms with Crippen LogP contribution in [0.1, 0.15) is 42.6 Å². The van der Waals surface area contributed by atoms with E-state index in [9.17, 15) is 10.1 Å². The highest BCUT2D eigenvalue weighted by Crippen LogP contribution is 2.28. The van der Waals surface area contributed by atoms with E-state index in [1.807, 2.05) is 38.1 Å². The summed E-state index contributed by atoms with van der Waals surface area (Å²) in [5, 5.41) is 9.45. The number of nitrogens with zero attached hydrogens (tertiary/aromatic N) is 1. The van der Waals surface area contributed by atoms with Crippen LogP contribution < -0.4 is 9.47 Å². The molecule has 0 N–H and O–H groups in total. The smallest absolute Gasteiger partial charge is 0.203 e. The third-order valence-electron chi connectivity index (χ3n) is 3.62. The van der Waals surface area contributed by atoms with E-state index in [2.05, 4.69) is 0 Å². The highest BCUT2D eigenvalue weighted by atomic mass is 16.5. The Morgan fingerprint density at radius 1 is 1.04 bits per heavy atom. The number of nitriles is 1.